The van der Waals surface area contributed by atoms with Gasteiger partial charge in [-0.25, -0.2) is 4.98 Å². The number of aromatic nitrogens is 1. The summed E-state index contributed by atoms with van der Waals surface area (Å²) in [5.74, 6) is 0.466. The van der Waals surface area contributed by atoms with Crippen molar-refractivity contribution in [2.24, 2.45) is 0 Å². The topological polar surface area (TPSA) is 81.8 Å². The molecule has 2 heterocycles. The summed E-state index contributed by atoms with van der Waals surface area (Å²) in [6.07, 6.45) is 10.4. The van der Waals surface area contributed by atoms with Crippen molar-refractivity contribution in [3.05, 3.63) is 30.5 Å². The predicted molar refractivity (Wildman–Crippen MR) is 108 cm³/mol. The van der Waals surface area contributed by atoms with Crippen LogP contribution in [0.5, 0.6) is 0 Å². The van der Waals surface area contributed by atoms with Gasteiger partial charge in [-0.2, -0.15) is 0 Å². The third kappa shape index (κ3) is 6.43. The number of hydrogen-bond donors (Lipinski definition) is 2. The Hall–Kier alpha value is -1.70. The van der Waals surface area contributed by atoms with E-state index in [4.69, 9.17) is 4.42 Å². The fourth-order valence-electron chi connectivity index (χ4n) is 4.01. The third-order valence-electron chi connectivity index (χ3n) is 5.72. The molecule has 2 aliphatic rings. The number of aliphatic hydroxyl groups is 1. The Morgan fingerprint density at radius 1 is 1.29 bits per heavy atom. The van der Waals surface area contributed by atoms with Crippen LogP contribution in [0, 0.1) is 0 Å². The number of allylic oxidation sites excluding steroid dienone is 1. The molecule has 1 atom stereocenters. The van der Waals surface area contributed by atoms with E-state index in [-0.39, 0.29) is 18.1 Å². The molecule has 3 rings (SSSR count). The molecular formula is C21H34N4O3. The first-order valence-electron chi connectivity index (χ1n) is 10.6. The van der Waals surface area contributed by atoms with Crippen molar-refractivity contribution in [3.63, 3.8) is 0 Å². The van der Waals surface area contributed by atoms with E-state index in [1.165, 1.54) is 25.5 Å². The smallest absolute Gasteiger partial charge is 0.273 e. The Balaban J connectivity index is 1.39. The first kappa shape index (κ1) is 21.0. The van der Waals surface area contributed by atoms with E-state index in [0.717, 1.165) is 51.9 Å². The highest BCUT2D eigenvalue weighted by Gasteiger charge is 2.22. The van der Waals surface area contributed by atoms with Crippen LogP contribution in [0.2, 0.25) is 0 Å². The minimum absolute atomic E-state index is 0.125. The van der Waals surface area contributed by atoms with E-state index in [2.05, 4.69) is 26.7 Å². The predicted octanol–water partition coefficient (Wildman–Crippen LogP) is 2.18. The molecular weight excluding hydrogens is 356 g/mol. The van der Waals surface area contributed by atoms with Crippen LogP contribution >= 0.6 is 0 Å². The molecule has 0 unspecified atom stereocenters. The van der Waals surface area contributed by atoms with Gasteiger partial charge in [-0.15, -0.1) is 6.58 Å². The summed E-state index contributed by atoms with van der Waals surface area (Å²) in [5, 5.41) is 13.1. The lowest BCUT2D eigenvalue weighted by molar-refractivity contribution is 0.0642. The summed E-state index contributed by atoms with van der Waals surface area (Å²) < 4.78 is 5.54. The zero-order valence-corrected chi connectivity index (χ0v) is 16.8. The van der Waals surface area contributed by atoms with Gasteiger partial charge in [0, 0.05) is 38.8 Å². The van der Waals surface area contributed by atoms with Gasteiger partial charge in [0.2, 0.25) is 5.89 Å². The average molecular weight is 391 g/mol. The molecule has 0 spiro atoms. The van der Waals surface area contributed by atoms with Gasteiger partial charge in [-0.3, -0.25) is 14.6 Å². The monoisotopic (exact) mass is 390 g/mol. The van der Waals surface area contributed by atoms with E-state index >= 15 is 0 Å². The molecule has 0 radical (unpaired) electrons. The van der Waals surface area contributed by atoms with E-state index < -0.39 is 0 Å². The summed E-state index contributed by atoms with van der Waals surface area (Å²) in [7, 11) is 0. The second-order valence-corrected chi connectivity index (χ2v) is 8.03. The van der Waals surface area contributed by atoms with Crippen LogP contribution in [0.4, 0.5) is 0 Å². The highest BCUT2D eigenvalue weighted by Crippen LogP contribution is 2.18. The van der Waals surface area contributed by atoms with Crippen molar-refractivity contribution < 1.29 is 14.3 Å². The van der Waals surface area contributed by atoms with E-state index in [1.54, 1.807) is 0 Å². The molecule has 1 saturated heterocycles. The van der Waals surface area contributed by atoms with Crippen LogP contribution in [0.1, 0.15) is 61.3 Å². The van der Waals surface area contributed by atoms with E-state index in [9.17, 15) is 9.90 Å². The lowest BCUT2D eigenvalue weighted by atomic mass is 9.95. The summed E-state index contributed by atoms with van der Waals surface area (Å²) in [5.41, 5.74) is 0.379. The quantitative estimate of drug-likeness (QED) is 0.629. The summed E-state index contributed by atoms with van der Waals surface area (Å²) in [6.45, 7) is 8.67. The number of amides is 1. The Bertz CT molecular complexity index is 619. The first-order chi connectivity index (χ1) is 13.6. The number of nitrogens with zero attached hydrogens (tertiary/aromatic N) is 3. The van der Waals surface area contributed by atoms with Gasteiger partial charge in [0.15, 0.2) is 5.69 Å². The molecule has 2 fully saturated rings. The number of β-amino-alcohol motifs (C(OH)–C–C–N with tert-alkyl or cyclic N) is 1. The van der Waals surface area contributed by atoms with Crippen molar-refractivity contribution in [2.75, 3.05) is 32.7 Å². The van der Waals surface area contributed by atoms with Crippen LogP contribution in [0.25, 0.3) is 0 Å². The number of carbonyl (C=O) groups excluding carboxylic acids is 1. The molecule has 0 aromatic carbocycles. The molecule has 28 heavy (non-hydrogen) atoms. The van der Waals surface area contributed by atoms with Gasteiger partial charge < -0.3 is 14.8 Å². The average Bonchev–Trinajstić information content (AvgIpc) is 3.17. The molecule has 1 aliphatic carbocycles. The number of oxazole rings is 1. The van der Waals surface area contributed by atoms with Gasteiger partial charge in [-0.05, 0) is 25.7 Å². The van der Waals surface area contributed by atoms with Crippen LogP contribution in [-0.2, 0) is 6.54 Å². The molecule has 1 aromatic rings. The second kappa shape index (κ2) is 10.7. The zero-order valence-electron chi connectivity index (χ0n) is 16.8. The van der Waals surface area contributed by atoms with E-state index in [1.807, 2.05) is 6.08 Å². The summed E-state index contributed by atoms with van der Waals surface area (Å²) in [6, 6.07) is 0.274. The summed E-state index contributed by atoms with van der Waals surface area (Å²) >= 11 is 0. The maximum atomic E-state index is 12.4. The number of carbonyl (C=O) groups is 1. The standard InChI is InChI=1S/C21H34N4O3/c1-2-3-9-18(26)14-24-10-12-25(13-11-24)15-20-23-19(16-28-20)21(27)22-17-7-5-4-6-8-17/h2,16-18,26H,1,3-15H2,(H,22,27)/t18-/m1/s1. The normalized spacial score (nSPS) is 20.8. The largest absolute Gasteiger partial charge is 0.447 e. The Morgan fingerprint density at radius 2 is 2.00 bits per heavy atom. The van der Waals surface area contributed by atoms with Gasteiger partial charge in [0.05, 0.1) is 12.6 Å². The Labute approximate surface area is 167 Å². The van der Waals surface area contributed by atoms with Crippen LogP contribution in [-0.4, -0.2) is 70.7 Å². The van der Waals surface area contributed by atoms with Crippen molar-refractivity contribution >= 4 is 5.91 Å². The van der Waals surface area contributed by atoms with Crippen molar-refractivity contribution in [1.29, 1.82) is 0 Å². The Morgan fingerprint density at radius 3 is 2.71 bits per heavy atom. The van der Waals surface area contributed by atoms with E-state index in [0.29, 0.717) is 24.7 Å². The molecule has 156 valence electrons. The fraction of sp³-hybridized carbons (Fsp3) is 0.714. The molecule has 1 amide bonds. The second-order valence-electron chi connectivity index (χ2n) is 8.03. The minimum atomic E-state index is -0.290. The molecule has 1 saturated carbocycles. The lowest BCUT2D eigenvalue weighted by Gasteiger charge is -2.34. The zero-order chi connectivity index (χ0) is 19.8. The maximum absolute atomic E-state index is 12.4. The first-order valence-corrected chi connectivity index (χ1v) is 10.6. The van der Waals surface area contributed by atoms with Gasteiger partial charge in [-0.1, -0.05) is 25.3 Å². The number of aliphatic hydroxyl groups excluding tert-OH is 1. The number of hydrogen-bond acceptors (Lipinski definition) is 6. The Kier molecular flexibility index (Phi) is 8.06. The number of rotatable bonds is 9. The van der Waals surface area contributed by atoms with Crippen LogP contribution in [0.15, 0.2) is 23.3 Å². The fourth-order valence-corrected chi connectivity index (χ4v) is 4.01. The maximum Gasteiger partial charge on any atom is 0.273 e. The molecule has 1 aromatic heterocycles. The molecule has 7 nitrogen and oxygen atoms in total. The third-order valence-corrected chi connectivity index (χ3v) is 5.72. The van der Waals surface area contributed by atoms with Crippen LogP contribution < -0.4 is 5.32 Å². The minimum Gasteiger partial charge on any atom is -0.447 e. The number of nitrogens with one attached hydrogen (secondary N) is 1. The van der Waals surface area contributed by atoms with Crippen LogP contribution in [0.3, 0.4) is 0 Å². The SMILES string of the molecule is C=CCC[C@@H](O)CN1CCN(Cc2nc(C(=O)NC3CCCCC3)co2)CC1. The summed E-state index contributed by atoms with van der Waals surface area (Å²) in [4.78, 5) is 21.3. The molecule has 1 aliphatic heterocycles. The highest BCUT2D eigenvalue weighted by atomic mass is 16.3. The van der Waals surface area contributed by atoms with Crippen molar-refractivity contribution in [1.82, 2.24) is 20.1 Å². The molecule has 2 N–H and O–H groups in total. The van der Waals surface area contributed by atoms with Crippen molar-refractivity contribution in [2.45, 2.75) is 63.6 Å². The van der Waals surface area contributed by atoms with Gasteiger partial charge in [0.1, 0.15) is 6.26 Å². The van der Waals surface area contributed by atoms with Gasteiger partial charge in [0.25, 0.3) is 5.91 Å². The molecule has 0 bridgehead atoms. The van der Waals surface area contributed by atoms with Gasteiger partial charge >= 0.3 is 0 Å². The number of piperazine rings is 1. The highest BCUT2D eigenvalue weighted by molar-refractivity contribution is 5.92. The van der Waals surface area contributed by atoms with Crippen molar-refractivity contribution in [3.8, 4) is 0 Å². The lowest BCUT2D eigenvalue weighted by Crippen LogP contribution is -2.48. The molecule has 7 heteroatoms.